The van der Waals surface area contributed by atoms with E-state index in [9.17, 15) is 9.90 Å². The fraction of sp³-hybridized carbons (Fsp3) is 0.632. The predicted octanol–water partition coefficient (Wildman–Crippen LogP) is 0.780. The number of aliphatic hydroxyl groups is 2. The van der Waals surface area contributed by atoms with Crippen molar-refractivity contribution in [1.29, 1.82) is 0 Å². The zero-order valence-electron chi connectivity index (χ0n) is 14.4. The molecule has 1 aliphatic carbocycles. The summed E-state index contributed by atoms with van der Waals surface area (Å²) in [6.45, 7) is 2.94. The van der Waals surface area contributed by atoms with Crippen LogP contribution in [0.4, 0.5) is 0 Å². The van der Waals surface area contributed by atoms with Gasteiger partial charge in [0.15, 0.2) is 0 Å². The molecule has 1 aromatic carbocycles. The Bertz CT molecular complexity index is 590. The molecule has 0 radical (unpaired) electrons. The van der Waals surface area contributed by atoms with Crippen LogP contribution in [0, 0.1) is 11.8 Å². The normalized spacial score (nSPS) is 23.1. The summed E-state index contributed by atoms with van der Waals surface area (Å²) in [7, 11) is 1.97. The number of benzene rings is 1. The lowest BCUT2D eigenvalue weighted by atomic mass is 9.96. The summed E-state index contributed by atoms with van der Waals surface area (Å²) < 4.78 is 0. The Balaban J connectivity index is 1.67. The molecule has 2 N–H and O–H groups in total. The lowest BCUT2D eigenvalue weighted by Crippen LogP contribution is -2.33. The smallest absolute Gasteiger partial charge is 0.253 e. The average molecular weight is 332 g/mol. The second-order valence-corrected chi connectivity index (χ2v) is 7.24. The summed E-state index contributed by atoms with van der Waals surface area (Å²) in [5.74, 6) is 0.449. The van der Waals surface area contributed by atoms with Gasteiger partial charge in [0.05, 0.1) is 6.61 Å². The van der Waals surface area contributed by atoms with Crippen molar-refractivity contribution in [2.75, 3.05) is 46.4 Å². The number of fused-ring (bicyclic) bond motifs is 1. The molecule has 24 heavy (non-hydrogen) atoms. The minimum absolute atomic E-state index is 0.0791. The van der Waals surface area contributed by atoms with Gasteiger partial charge in [-0.3, -0.25) is 4.79 Å². The molecule has 3 rings (SSSR count). The van der Waals surface area contributed by atoms with Crippen LogP contribution in [-0.4, -0.2) is 72.4 Å². The number of rotatable bonds is 6. The molecule has 1 aromatic rings. The fourth-order valence-electron chi connectivity index (χ4n) is 4.07. The zero-order valence-corrected chi connectivity index (χ0v) is 14.4. The minimum atomic E-state index is 0.0791. The van der Waals surface area contributed by atoms with Gasteiger partial charge in [0, 0.05) is 44.3 Å². The SMILES string of the molecule is CN(CCO)C[C@@H]1CN(C(=O)c2ccc3c(c2)CCC3)C[C@@H]1CO. The highest BCUT2D eigenvalue weighted by Gasteiger charge is 2.35. The number of aliphatic hydroxyl groups excluding tert-OH is 2. The summed E-state index contributed by atoms with van der Waals surface area (Å²) in [6.07, 6.45) is 3.38. The number of carbonyl (C=O) groups excluding carboxylic acids is 1. The van der Waals surface area contributed by atoms with E-state index in [0.717, 1.165) is 24.9 Å². The highest BCUT2D eigenvalue weighted by molar-refractivity contribution is 5.94. The molecule has 0 aromatic heterocycles. The van der Waals surface area contributed by atoms with Crippen molar-refractivity contribution in [2.24, 2.45) is 11.8 Å². The molecule has 1 heterocycles. The van der Waals surface area contributed by atoms with Crippen LogP contribution in [0.2, 0.25) is 0 Å². The van der Waals surface area contributed by atoms with Crippen molar-refractivity contribution < 1.29 is 15.0 Å². The number of carbonyl (C=O) groups is 1. The Hall–Kier alpha value is -1.43. The van der Waals surface area contributed by atoms with E-state index in [1.165, 1.54) is 17.5 Å². The third kappa shape index (κ3) is 3.63. The predicted molar refractivity (Wildman–Crippen MR) is 93.0 cm³/mol. The molecule has 1 aliphatic heterocycles. The van der Waals surface area contributed by atoms with E-state index < -0.39 is 0 Å². The second kappa shape index (κ2) is 7.64. The van der Waals surface area contributed by atoms with Crippen molar-refractivity contribution in [3.63, 3.8) is 0 Å². The third-order valence-electron chi connectivity index (χ3n) is 5.47. The summed E-state index contributed by atoms with van der Waals surface area (Å²) in [5, 5.41) is 18.7. The van der Waals surface area contributed by atoms with Crippen LogP contribution in [-0.2, 0) is 12.8 Å². The Labute approximate surface area is 143 Å². The van der Waals surface area contributed by atoms with Crippen LogP contribution in [0.5, 0.6) is 0 Å². The largest absolute Gasteiger partial charge is 0.396 e. The summed E-state index contributed by atoms with van der Waals surface area (Å²) >= 11 is 0. The Morgan fingerprint density at radius 3 is 2.71 bits per heavy atom. The van der Waals surface area contributed by atoms with Gasteiger partial charge in [-0.2, -0.15) is 0 Å². The molecule has 5 nitrogen and oxygen atoms in total. The van der Waals surface area contributed by atoms with Crippen molar-refractivity contribution >= 4 is 5.91 Å². The van der Waals surface area contributed by atoms with E-state index >= 15 is 0 Å². The van der Waals surface area contributed by atoms with E-state index in [2.05, 4.69) is 17.0 Å². The average Bonchev–Trinajstić information content (AvgIpc) is 3.20. The molecular weight excluding hydrogens is 304 g/mol. The maximum absolute atomic E-state index is 12.9. The fourth-order valence-corrected chi connectivity index (χ4v) is 4.07. The van der Waals surface area contributed by atoms with Crippen molar-refractivity contribution in [1.82, 2.24) is 9.80 Å². The van der Waals surface area contributed by atoms with Gasteiger partial charge in [0.2, 0.25) is 0 Å². The van der Waals surface area contributed by atoms with Crippen LogP contribution in [0.1, 0.15) is 27.9 Å². The maximum atomic E-state index is 12.9. The monoisotopic (exact) mass is 332 g/mol. The first-order valence-electron chi connectivity index (χ1n) is 8.93. The van der Waals surface area contributed by atoms with Gasteiger partial charge < -0.3 is 20.0 Å². The third-order valence-corrected chi connectivity index (χ3v) is 5.47. The molecule has 2 aliphatic rings. The van der Waals surface area contributed by atoms with Gasteiger partial charge >= 0.3 is 0 Å². The first kappa shape index (κ1) is 17.4. The van der Waals surface area contributed by atoms with E-state index in [1.54, 1.807) is 0 Å². The molecule has 1 fully saturated rings. The first-order chi connectivity index (χ1) is 11.6. The Kier molecular flexibility index (Phi) is 5.54. The molecule has 0 bridgehead atoms. The van der Waals surface area contributed by atoms with Crippen LogP contribution in [0.25, 0.3) is 0 Å². The van der Waals surface area contributed by atoms with E-state index in [0.29, 0.717) is 19.6 Å². The van der Waals surface area contributed by atoms with E-state index in [-0.39, 0.29) is 31.0 Å². The number of hydrogen-bond acceptors (Lipinski definition) is 4. The van der Waals surface area contributed by atoms with Gasteiger partial charge in [-0.15, -0.1) is 0 Å². The van der Waals surface area contributed by atoms with E-state index in [1.807, 2.05) is 18.0 Å². The molecule has 1 amide bonds. The maximum Gasteiger partial charge on any atom is 0.253 e. The molecule has 5 heteroatoms. The summed E-state index contributed by atoms with van der Waals surface area (Å²) in [6, 6.07) is 6.11. The highest BCUT2D eigenvalue weighted by Crippen LogP contribution is 2.27. The number of likely N-dealkylation sites (tertiary alicyclic amines) is 1. The number of nitrogens with zero attached hydrogens (tertiary/aromatic N) is 2. The molecule has 0 spiro atoms. The zero-order chi connectivity index (χ0) is 17.1. The summed E-state index contributed by atoms with van der Waals surface area (Å²) in [5.41, 5.74) is 3.47. The Morgan fingerprint density at radius 1 is 1.21 bits per heavy atom. The second-order valence-electron chi connectivity index (χ2n) is 7.24. The standard InChI is InChI=1S/C19H28N2O3/c1-20(7-8-22)10-17-11-21(12-18(17)13-23)19(24)16-6-5-14-3-2-4-15(14)9-16/h5-6,9,17-18,22-23H,2-4,7-8,10-13H2,1H3/t17-,18-/m1/s1. The van der Waals surface area contributed by atoms with Gasteiger partial charge in [-0.1, -0.05) is 6.07 Å². The topological polar surface area (TPSA) is 64.0 Å². The lowest BCUT2D eigenvalue weighted by molar-refractivity contribution is 0.0779. The van der Waals surface area contributed by atoms with Gasteiger partial charge in [-0.25, -0.2) is 0 Å². The first-order valence-corrected chi connectivity index (χ1v) is 8.93. The van der Waals surface area contributed by atoms with Gasteiger partial charge in [0.25, 0.3) is 5.91 Å². The Morgan fingerprint density at radius 2 is 1.96 bits per heavy atom. The molecule has 2 atom stereocenters. The molecule has 1 saturated heterocycles. The number of amides is 1. The van der Waals surface area contributed by atoms with Gasteiger partial charge in [0.1, 0.15) is 0 Å². The molecule has 132 valence electrons. The van der Waals surface area contributed by atoms with Crippen LogP contribution in [0.15, 0.2) is 18.2 Å². The number of hydrogen-bond donors (Lipinski definition) is 2. The molecule has 0 unspecified atom stereocenters. The number of likely N-dealkylation sites (N-methyl/N-ethyl adjacent to an activating group) is 1. The van der Waals surface area contributed by atoms with Crippen LogP contribution in [0.3, 0.4) is 0 Å². The van der Waals surface area contributed by atoms with E-state index in [4.69, 9.17) is 5.11 Å². The highest BCUT2D eigenvalue weighted by atomic mass is 16.3. The number of aryl methyl sites for hydroxylation is 2. The van der Waals surface area contributed by atoms with Gasteiger partial charge in [-0.05, 0) is 55.5 Å². The van der Waals surface area contributed by atoms with Crippen LogP contribution >= 0.6 is 0 Å². The molecule has 0 saturated carbocycles. The minimum Gasteiger partial charge on any atom is -0.396 e. The molecular formula is C19H28N2O3. The summed E-state index contributed by atoms with van der Waals surface area (Å²) in [4.78, 5) is 16.8. The quantitative estimate of drug-likeness (QED) is 0.808. The van der Waals surface area contributed by atoms with Crippen LogP contribution < -0.4 is 0 Å². The lowest BCUT2D eigenvalue weighted by Gasteiger charge is -2.23. The van der Waals surface area contributed by atoms with Crippen molar-refractivity contribution in [3.8, 4) is 0 Å². The van der Waals surface area contributed by atoms with Crippen molar-refractivity contribution in [2.45, 2.75) is 19.3 Å². The van der Waals surface area contributed by atoms with Crippen molar-refractivity contribution in [3.05, 3.63) is 34.9 Å².